The molecule has 0 saturated carbocycles. The summed E-state index contributed by atoms with van der Waals surface area (Å²) in [4.78, 5) is 8.47. The number of aliphatic imine (C=N–C) groups is 1. The van der Waals surface area contributed by atoms with Crippen LogP contribution in [0.2, 0.25) is 0 Å². The largest absolute Gasteiger partial charge is 0.496 e. The molecule has 0 fully saturated rings. The van der Waals surface area contributed by atoms with Gasteiger partial charge in [-0.25, -0.2) is 4.98 Å². The van der Waals surface area contributed by atoms with Crippen LogP contribution in [0.3, 0.4) is 0 Å². The molecule has 0 aliphatic rings. The van der Waals surface area contributed by atoms with Crippen molar-refractivity contribution in [2.45, 2.75) is 13.5 Å². The number of nitrogens with zero attached hydrogens (tertiary/aromatic N) is 3. The van der Waals surface area contributed by atoms with Gasteiger partial charge in [0.2, 0.25) is 0 Å². The molecule has 2 rings (SSSR count). The van der Waals surface area contributed by atoms with Gasteiger partial charge < -0.3 is 15.0 Å². The van der Waals surface area contributed by atoms with Gasteiger partial charge in [0.1, 0.15) is 11.1 Å². The third-order valence-corrected chi connectivity index (χ3v) is 2.41. The second kappa shape index (κ2) is 5.31. The molecular formula is C12H14N4O2. The fourth-order valence-electron chi connectivity index (χ4n) is 1.60. The van der Waals surface area contributed by atoms with Crippen molar-refractivity contribution in [2.24, 2.45) is 10.7 Å². The molecule has 18 heavy (non-hydrogen) atoms. The number of nitrogens with two attached hydrogens (primary N) is 1. The number of pyridine rings is 1. The van der Waals surface area contributed by atoms with E-state index in [0.717, 1.165) is 16.8 Å². The molecule has 0 aromatic carbocycles. The van der Waals surface area contributed by atoms with E-state index in [2.05, 4.69) is 15.1 Å². The second-order valence-corrected chi connectivity index (χ2v) is 3.64. The van der Waals surface area contributed by atoms with Crippen LogP contribution < -0.4 is 10.5 Å². The maximum atomic E-state index is 5.31. The van der Waals surface area contributed by atoms with Crippen LogP contribution in [0.25, 0.3) is 11.1 Å². The van der Waals surface area contributed by atoms with Gasteiger partial charge >= 0.3 is 0 Å². The predicted octanol–water partition coefficient (Wildman–Crippen LogP) is 1.58. The number of rotatable bonds is 4. The molecule has 0 spiro atoms. The smallest absolute Gasteiger partial charge is 0.262 e. The summed E-state index contributed by atoms with van der Waals surface area (Å²) in [5.41, 5.74) is 7.17. The number of hydrogen-bond acceptors (Lipinski definition) is 6. The average molecular weight is 246 g/mol. The first-order valence-electron chi connectivity index (χ1n) is 5.43. The van der Waals surface area contributed by atoms with Crippen molar-refractivity contribution < 1.29 is 9.26 Å². The maximum Gasteiger partial charge on any atom is 0.262 e. The lowest BCUT2D eigenvalue weighted by Crippen LogP contribution is -1.92. The number of methoxy groups -OCH3 is 1. The molecule has 0 amide bonds. The van der Waals surface area contributed by atoms with E-state index in [1.165, 1.54) is 6.20 Å². The van der Waals surface area contributed by atoms with Crippen molar-refractivity contribution in [1.82, 2.24) is 10.1 Å². The topological polar surface area (TPSA) is 86.5 Å². The van der Waals surface area contributed by atoms with Gasteiger partial charge in [0, 0.05) is 12.3 Å². The summed E-state index contributed by atoms with van der Waals surface area (Å²) < 4.78 is 10.4. The van der Waals surface area contributed by atoms with Crippen LogP contribution >= 0.6 is 0 Å². The zero-order chi connectivity index (χ0) is 13.0. The number of aryl methyl sites for hydroxylation is 1. The van der Waals surface area contributed by atoms with E-state index in [9.17, 15) is 0 Å². The lowest BCUT2D eigenvalue weighted by Gasteiger charge is -2.03. The van der Waals surface area contributed by atoms with Gasteiger partial charge in [-0.2, -0.15) is 0 Å². The van der Waals surface area contributed by atoms with Gasteiger partial charge in [0.05, 0.1) is 25.0 Å². The Balaban J connectivity index is 2.35. The summed E-state index contributed by atoms with van der Waals surface area (Å²) in [6, 6.07) is 1.83. The highest BCUT2D eigenvalue weighted by Gasteiger charge is 2.13. The van der Waals surface area contributed by atoms with Gasteiger partial charge in [0.25, 0.3) is 5.71 Å². The maximum absolute atomic E-state index is 5.31. The molecule has 0 unspecified atom stereocenters. The highest BCUT2D eigenvalue weighted by molar-refractivity contribution is 5.83. The second-order valence-electron chi connectivity index (χ2n) is 3.64. The molecule has 94 valence electrons. The highest BCUT2D eigenvalue weighted by Crippen LogP contribution is 2.28. The van der Waals surface area contributed by atoms with Crippen LogP contribution in [-0.4, -0.2) is 23.5 Å². The lowest BCUT2D eigenvalue weighted by atomic mass is 10.2. The number of allylic oxidation sites excluding steroid dienone is 1. The van der Waals surface area contributed by atoms with Gasteiger partial charge in [-0.1, -0.05) is 5.16 Å². The minimum atomic E-state index is 0.427. The summed E-state index contributed by atoms with van der Waals surface area (Å²) in [6.45, 7) is 2.27. The molecule has 0 bridgehead atoms. The normalized spacial score (nSPS) is 11.9. The Morgan fingerprint density at radius 1 is 1.56 bits per heavy atom. The molecule has 2 heterocycles. The van der Waals surface area contributed by atoms with Gasteiger partial charge in [-0.05, 0) is 19.2 Å². The zero-order valence-electron chi connectivity index (χ0n) is 10.3. The SMILES string of the molecule is COc1cc(CN=C/C=C\N)nc2onc(C)c12. The van der Waals surface area contributed by atoms with Gasteiger partial charge in [0.15, 0.2) is 0 Å². The standard InChI is InChI=1S/C12H14N4O2/c1-8-11-10(17-2)6-9(7-14-5-3-4-13)15-12(11)18-16-8/h3-6H,7,13H2,1-2H3/b4-3-,14-5?. The predicted molar refractivity (Wildman–Crippen MR) is 68.6 cm³/mol. The third kappa shape index (κ3) is 2.32. The number of aromatic nitrogens is 2. The molecular weight excluding hydrogens is 232 g/mol. The molecule has 0 atom stereocenters. The van der Waals surface area contributed by atoms with Crippen molar-refractivity contribution >= 4 is 17.3 Å². The monoisotopic (exact) mass is 246 g/mol. The van der Waals surface area contributed by atoms with Crippen molar-refractivity contribution in [2.75, 3.05) is 7.11 Å². The van der Waals surface area contributed by atoms with E-state index in [-0.39, 0.29) is 0 Å². The van der Waals surface area contributed by atoms with Crippen LogP contribution in [0.15, 0.2) is 27.9 Å². The third-order valence-electron chi connectivity index (χ3n) is 2.41. The van der Waals surface area contributed by atoms with E-state index >= 15 is 0 Å². The van der Waals surface area contributed by atoms with Crippen molar-refractivity contribution in [1.29, 1.82) is 0 Å². The summed E-state index contributed by atoms with van der Waals surface area (Å²) in [7, 11) is 1.60. The highest BCUT2D eigenvalue weighted by atomic mass is 16.5. The van der Waals surface area contributed by atoms with Crippen LogP contribution in [0.5, 0.6) is 5.75 Å². The molecule has 6 heteroatoms. The minimum absolute atomic E-state index is 0.427. The average Bonchev–Trinajstić information content (AvgIpc) is 2.76. The number of ether oxygens (including phenoxy) is 1. The fourth-order valence-corrected chi connectivity index (χ4v) is 1.60. The van der Waals surface area contributed by atoms with E-state index < -0.39 is 0 Å². The number of fused-ring (bicyclic) bond motifs is 1. The van der Waals surface area contributed by atoms with E-state index in [0.29, 0.717) is 18.0 Å². The Bertz CT molecular complexity index is 601. The first-order valence-corrected chi connectivity index (χ1v) is 5.43. The Kier molecular flexibility index (Phi) is 3.57. The molecule has 2 N–H and O–H groups in total. The van der Waals surface area contributed by atoms with E-state index in [1.807, 2.05) is 13.0 Å². The molecule has 0 aliphatic carbocycles. The first kappa shape index (κ1) is 12.1. The molecule has 0 radical (unpaired) electrons. The van der Waals surface area contributed by atoms with Crippen LogP contribution in [-0.2, 0) is 6.54 Å². The fraction of sp³-hybridized carbons (Fsp3) is 0.250. The molecule has 2 aromatic rings. The zero-order valence-corrected chi connectivity index (χ0v) is 10.3. The summed E-state index contributed by atoms with van der Waals surface area (Å²) in [5, 5.41) is 4.67. The molecule has 0 aliphatic heterocycles. The Morgan fingerprint density at radius 2 is 2.39 bits per heavy atom. The van der Waals surface area contributed by atoms with Crippen LogP contribution in [0.1, 0.15) is 11.4 Å². The summed E-state index contributed by atoms with van der Waals surface area (Å²) in [5.74, 6) is 0.693. The van der Waals surface area contributed by atoms with E-state index in [1.54, 1.807) is 19.4 Å². The summed E-state index contributed by atoms with van der Waals surface area (Å²) >= 11 is 0. The summed E-state index contributed by atoms with van der Waals surface area (Å²) in [6.07, 6.45) is 4.68. The molecule has 6 nitrogen and oxygen atoms in total. The minimum Gasteiger partial charge on any atom is -0.496 e. The van der Waals surface area contributed by atoms with Gasteiger partial charge in [-0.3, -0.25) is 4.99 Å². The van der Waals surface area contributed by atoms with E-state index in [4.69, 9.17) is 15.0 Å². The molecule has 0 saturated heterocycles. The van der Waals surface area contributed by atoms with Crippen molar-refractivity contribution in [3.63, 3.8) is 0 Å². The quantitative estimate of drug-likeness (QED) is 0.828. The Labute approximate surface area is 104 Å². The lowest BCUT2D eigenvalue weighted by molar-refractivity contribution is 0.417. The van der Waals surface area contributed by atoms with Crippen molar-refractivity contribution in [3.8, 4) is 5.75 Å². The van der Waals surface area contributed by atoms with Gasteiger partial charge in [-0.15, -0.1) is 0 Å². The van der Waals surface area contributed by atoms with Crippen molar-refractivity contribution in [3.05, 3.63) is 29.7 Å². The number of hydrogen-bond donors (Lipinski definition) is 1. The van der Waals surface area contributed by atoms with Crippen LogP contribution in [0.4, 0.5) is 0 Å². The Morgan fingerprint density at radius 3 is 3.11 bits per heavy atom. The Hall–Kier alpha value is -2.37. The molecule has 2 aromatic heterocycles. The first-order chi connectivity index (χ1) is 8.76. The van der Waals surface area contributed by atoms with Crippen LogP contribution in [0, 0.1) is 6.92 Å².